The van der Waals surface area contributed by atoms with Crippen LogP contribution in [0.2, 0.25) is 0 Å². The molecule has 0 aromatic carbocycles. The number of aliphatic hydroxyl groups excluding tert-OH is 2. The summed E-state index contributed by atoms with van der Waals surface area (Å²) in [5, 5.41) is 19.9. The fourth-order valence-electron chi connectivity index (χ4n) is 3.44. The van der Waals surface area contributed by atoms with Gasteiger partial charge in [-0.25, -0.2) is 4.79 Å². The van der Waals surface area contributed by atoms with Gasteiger partial charge in [-0.05, 0) is 19.8 Å². The molecule has 1 aromatic heterocycles. The smallest absolute Gasteiger partial charge is 0.328 e. The van der Waals surface area contributed by atoms with Gasteiger partial charge in [-0.3, -0.25) is 14.3 Å². The summed E-state index contributed by atoms with van der Waals surface area (Å²) in [6.45, 7) is 1.64. The molecule has 122 valence electrons. The predicted octanol–water partition coefficient (Wildman–Crippen LogP) is 0.223. The second-order valence-electron chi connectivity index (χ2n) is 6.29. The fraction of sp³-hybridized carbons (Fsp3) is 0.733. The normalized spacial score (nSPS) is 33.2. The molecule has 22 heavy (non-hydrogen) atoms. The average molecular weight is 310 g/mol. The van der Waals surface area contributed by atoms with Crippen molar-refractivity contribution < 1.29 is 14.9 Å². The Hall–Kier alpha value is -1.44. The first-order valence-electron chi connectivity index (χ1n) is 7.86. The first-order chi connectivity index (χ1) is 10.5. The van der Waals surface area contributed by atoms with E-state index >= 15 is 0 Å². The predicted molar refractivity (Wildman–Crippen MR) is 78.7 cm³/mol. The number of nitrogens with zero attached hydrogens (tertiary/aromatic N) is 1. The summed E-state index contributed by atoms with van der Waals surface area (Å²) in [6, 6.07) is 0.0674. The van der Waals surface area contributed by atoms with Crippen LogP contribution in [0.3, 0.4) is 0 Å². The van der Waals surface area contributed by atoms with Gasteiger partial charge in [0.05, 0.1) is 11.7 Å². The third kappa shape index (κ3) is 2.64. The van der Waals surface area contributed by atoms with Crippen molar-refractivity contribution in [2.24, 2.45) is 0 Å². The number of H-pyrrole nitrogens is 1. The Morgan fingerprint density at radius 3 is 2.45 bits per heavy atom. The summed E-state index contributed by atoms with van der Waals surface area (Å²) in [6.07, 6.45) is 2.89. The first kappa shape index (κ1) is 15.5. The highest BCUT2D eigenvalue weighted by molar-refractivity contribution is 5.14. The van der Waals surface area contributed by atoms with E-state index in [1.165, 1.54) is 6.20 Å². The Bertz CT molecular complexity index is 646. The van der Waals surface area contributed by atoms with Gasteiger partial charge in [-0.15, -0.1) is 0 Å². The van der Waals surface area contributed by atoms with Crippen LogP contribution in [-0.4, -0.2) is 38.1 Å². The van der Waals surface area contributed by atoms with Crippen molar-refractivity contribution in [3.8, 4) is 0 Å². The molecule has 2 aliphatic rings. The Labute approximate surface area is 127 Å². The molecular formula is C15H22N2O5. The molecule has 2 heterocycles. The van der Waals surface area contributed by atoms with Crippen LogP contribution in [0.4, 0.5) is 0 Å². The first-order valence-corrected chi connectivity index (χ1v) is 7.86. The van der Waals surface area contributed by atoms with Gasteiger partial charge in [0, 0.05) is 12.2 Å². The molecule has 1 aromatic rings. The number of hydrogen-bond donors (Lipinski definition) is 3. The zero-order valence-corrected chi connectivity index (χ0v) is 12.6. The third-order valence-corrected chi connectivity index (χ3v) is 4.77. The largest absolute Gasteiger partial charge is 0.388 e. The molecule has 1 aliphatic heterocycles. The van der Waals surface area contributed by atoms with E-state index in [4.69, 9.17) is 4.74 Å². The highest BCUT2D eigenvalue weighted by atomic mass is 16.5. The molecule has 0 unspecified atom stereocenters. The Morgan fingerprint density at radius 1 is 1.18 bits per heavy atom. The Balaban J connectivity index is 1.98. The highest BCUT2D eigenvalue weighted by Gasteiger charge is 2.42. The molecule has 2 fully saturated rings. The minimum absolute atomic E-state index is 0.0674. The van der Waals surface area contributed by atoms with Crippen molar-refractivity contribution in [3.63, 3.8) is 0 Å². The van der Waals surface area contributed by atoms with Crippen molar-refractivity contribution in [2.45, 2.75) is 69.5 Å². The van der Waals surface area contributed by atoms with Crippen LogP contribution in [-0.2, 0) is 4.74 Å². The average Bonchev–Trinajstić information content (AvgIpc) is 2.76. The fourth-order valence-corrected chi connectivity index (χ4v) is 3.44. The van der Waals surface area contributed by atoms with E-state index in [0.717, 1.165) is 32.1 Å². The van der Waals surface area contributed by atoms with E-state index in [1.807, 2.05) is 0 Å². The minimum Gasteiger partial charge on any atom is -0.388 e. The number of aromatic amines is 1. The Kier molecular flexibility index (Phi) is 4.20. The maximum atomic E-state index is 12.1. The number of rotatable bonds is 2. The third-order valence-electron chi connectivity index (χ3n) is 4.77. The molecular weight excluding hydrogens is 288 g/mol. The molecule has 1 saturated carbocycles. The summed E-state index contributed by atoms with van der Waals surface area (Å²) in [4.78, 5) is 26.5. The van der Waals surface area contributed by atoms with E-state index in [9.17, 15) is 19.8 Å². The summed E-state index contributed by atoms with van der Waals surface area (Å²) < 4.78 is 7.04. The molecule has 0 radical (unpaired) electrons. The number of aliphatic hydroxyl groups is 2. The molecule has 3 rings (SSSR count). The second kappa shape index (κ2) is 5.98. The van der Waals surface area contributed by atoms with Gasteiger partial charge >= 0.3 is 5.69 Å². The van der Waals surface area contributed by atoms with Crippen LogP contribution in [0.5, 0.6) is 0 Å². The van der Waals surface area contributed by atoms with Gasteiger partial charge in [0.2, 0.25) is 0 Å². The van der Waals surface area contributed by atoms with Gasteiger partial charge < -0.3 is 14.9 Å². The maximum Gasteiger partial charge on any atom is 0.328 e. The summed E-state index contributed by atoms with van der Waals surface area (Å²) in [7, 11) is 0. The highest BCUT2D eigenvalue weighted by Crippen LogP contribution is 2.32. The monoisotopic (exact) mass is 310 g/mol. The standard InChI is InChI=1S/C15H22N2O5/c1-8-11(18)12(19)13(22-8)10-7-17(15(21)16-14(10)20)9-5-3-2-4-6-9/h7-9,11-13,18-19H,2-6H2,1H3,(H,16,20,21)/t8-,11-,12-,13+/m1/s1. The molecule has 1 saturated heterocycles. The van der Waals surface area contributed by atoms with Crippen LogP contribution in [0.25, 0.3) is 0 Å². The maximum absolute atomic E-state index is 12.1. The van der Waals surface area contributed by atoms with E-state index in [-0.39, 0.29) is 11.6 Å². The molecule has 3 N–H and O–H groups in total. The lowest BCUT2D eigenvalue weighted by molar-refractivity contribution is 0.0136. The SMILES string of the molecule is C[C@H]1O[C@@H](c2cn(C3CCCCC3)c(=O)[nH]c2=O)[C@H](O)[C@@H]1O. The van der Waals surface area contributed by atoms with Crippen molar-refractivity contribution >= 4 is 0 Å². The molecule has 0 bridgehead atoms. The van der Waals surface area contributed by atoms with Crippen LogP contribution < -0.4 is 11.2 Å². The van der Waals surface area contributed by atoms with Crippen LogP contribution in [0, 0.1) is 0 Å². The van der Waals surface area contributed by atoms with E-state index in [0.29, 0.717) is 0 Å². The van der Waals surface area contributed by atoms with E-state index in [2.05, 4.69) is 4.98 Å². The van der Waals surface area contributed by atoms with Gasteiger partial charge in [0.1, 0.15) is 18.3 Å². The van der Waals surface area contributed by atoms with Gasteiger partial charge in [0.15, 0.2) is 0 Å². The topological polar surface area (TPSA) is 105 Å². The zero-order valence-electron chi connectivity index (χ0n) is 12.6. The molecule has 0 amide bonds. The number of nitrogens with one attached hydrogen (secondary N) is 1. The van der Waals surface area contributed by atoms with Crippen molar-refractivity contribution in [3.05, 3.63) is 32.6 Å². The van der Waals surface area contributed by atoms with Gasteiger partial charge in [0.25, 0.3) is 5.56 Å². The summed E-state index contributed by atoms with van der Waals surface area (Å²) in [5.41, 5.74) is -0.801. The molecule has 1 aliphatic carbocycles. The number of aromatic nitrogens is 2. The van der Waals surface area contributed by atoms with Gasteiger partial charge in [-0.2, -0.15) is 0 Å². The van der Waals surface area contributed by atoms with Crippen LogP contribution in [0.15, 0.2) is 15.8 Å². The lowest BCUT2D eigenvalue weighted by atomic mass is 9.95. The summed E-state index contributed by atoms with van der Waals surface area (Å²) >= 11 is 0. The summed E-state index contributed by atoms with van der Waals surface area (Å²) in [5.74, 6) is 0. The van der Waals surface area contributed by atoms with Crippen molar-refractivity contribution in [1.29, 1.82) is 0 Å². The number of ether oxygens (including phenoxy) is 1. The van der Waals surface area contributed by atoms with Crippen molar-refractivity contribution in [1.82, 2.24) is 9.55 Å². The van der Waals surface area contributed by atoms with Crippen LogP contribution >= 0.6 is 0 Å². The molecule has 4 atom stereocenters. The minimum atomic E-state index is -1.17. The molecule has 0 spiro atoms. The van der Waals surface area contributed by atoms with E-state index in [1.54, 1.807) is 11.5 Å². The van der Waals surface area contributed by atoms with E-state index < -0.39 is 35.7 Å². The van der Waals surface area contributed by atoms with Crippen LogP contribution in [0.1, 0.15) is 56.7 Å². The lowest BCUT2D eigenvalue weighted by Gasteiger charge is -2.24. The zero-order chi connectivity index (χ0) is 15.9. The Morgan fingerprint density at radius 2 is 1.86 bits per heavy atom. The lowest BCUT2D eigenvalue weighted by Crippen LogP contribution is -2.37. The quantitative estimate of drug-likeness (QED) is 0.725. The van der Waals surface area contributed by atoms with Crippen molar-refractivity contribution in [2.75, 3.05) is 0 Å². The molecule has 7 nitrogen and oxygen atoms in total. The van der Waals surface area contributed by atoms with Gasteiger partial charge in [-0.1, -0.05) is 19.3 Å². The number of hydrogen-bond acceptors (Lipinski definition) is 5. The molecule has 7 heteroatoms. The second-order valence-corrected chi connectivity index (χ2v) is 6.29.